The first kappa shape index (κ1) is 15.3. The van der Waals surface area contributed by atoms with Crippen molar-refractivity contribution in [3.8, 4) is 11.5 Å². The van der Waals surface area contributed by atoms with Crippen LogP contribution in [0.3, 0.4) is 0 Å². The Labute approximate surface area is 114 Å². The molecule has 0 heterocycles. The predicted molar refractivity (Wildman–Crippen MR) is 74.0 cm³/mol. The van der Waals surface area contributed by atoms with Crippen molar-refractivity contribution in [3.63, 3.8) is 0 Å². The molecule has 1 atom stereocenters. The Balaban J connectivity index is 3.13. The molecular formula is C15H22O4. The quantitative estimate of drug-likeness (QED) is 0.860. The molecule has 1 N–H and O–H groups in total. The first-order valence-electron chi connectivity index (χ1n) is 6.35. The molecule has 0 aromatic heterocycles. The Hall–Kier alpha value is -1.71. The summed E-state index contributed by atoms with van der Waals surface area (Å²) in [7, 11) is 3.20. The number of hydrogen-bond donors (Lipinski definition) is 1. The first-order valence-corrected chi connectivity index (χ1v) is 6.35. The number of methoxy groups -OCH3 is 2. The monoisotopic (exact) mass is 266 g/mol. The maximum atomic E-state index is 11.3. The largest absolute Gasteiger partial charge is 0.496 e. The van der Waals surface area contributed by atoms with Gasteiger partial charge in [0.1, 0.15) is 11.5 Å². The van der Waals surface area contributed by atoms with Crippen LogP contribution in [0.4, 0.5) is 0 Å². The third-order valence-electron chi connectivity index (χ3n) is 3.42. The summed E-state index contributed by atoms with van der Waals surface area (Å²) in [6, 6.07) is 3.73. The number of carbonyl (C=O) groups is 1. The fraction of sp³-hybridized carbons (Fsp3) is 0.533. The van der Waals surface area contributed by atoms with Crippen molar-refractivity contribution in [1.29, 1.82) is 0 Å². The van der Waals surface area contributed by atoms with Gasteiger partial charge in [-0.3, -0.25) is 4.79 Å². The summed E-state index contributed by atoms with van der Waals surface area (Å²) in [5.41, 5.74) is 1.80. The number of rotatable bonds is 6. The molecule has 106 valence electrons. The fourth-order valence-corrected chi connectivity index (χ4v) is 2.24. The summed E-state index contributed by atoms with van der Waals surface area (Å²) in [5, 5.41) is 9.27. The second kappa shape index (κ2) is 6.45. The Morgan fingerprint density at radius 1 is 1.26 bits per heavy atom. The summed E-state index contributed by atoms with van der Waals surface area (Å²) >= 11 is 0. The van der Waals surface area contributed by atoms with Gasteiger partial charge in [-0.05, 0) is 30.9 Å². The SMILES string of the molecule is COc1ccc(CC(C(=O)O)C(C)C)c(OC)c1C. The van der Waals surface area contributed by atoms with Crippen molar-refractivity contribution in [2.24, 2.45) is 11.8 Å². The van der Waals surface area contributed by atoms with Gasteiger partial charge in [-0.2, -0.15) is 0 Å². The highest BCUT2D eigenvalue weighted by Gasteiger charge is 2.24. The minimum absolute atomic E-state index is 0.0737. The molecular weight excluding hydrogens is 244 g/mol. The van der Waals surface area contributed by atoms with E-state index < -0.39 is 11.9 Å². The van der Waals surface area contributed by atoms with Gasteiger partial charge in [-0.1, -0.05) is 19.9 Å². The van der Waals surface area contributed by atoms with Crippen molar-refractivity contribution in [2.45, 2.75) is 27.2 Å². The molecule has 0 aliphatic heterocycles. The van der Waals surface area contributed by atoms with Gasteiger partial charge in [0.25, 0.3) is 0 Å². The van der Waals surface area contributed by atoms with Crippen LogP contribution < -0.4 is 9.47 Å². The molecule has 4 heteroatoms. The number of benzene rings is 1. The maximum Gasteiger partial charge on any atom is 0.307 e. The lowest BCUT2D eigenvalue weighted by molar-refractivity contribution is -0.143. The van der Waals surface area contributed by atoms with Crippen LogP contribution in [-0.2, 0) is 11.2 Å². The Kier molecular flexibility index (Phi) is 5.21. The molecule has 0 aliphatic carbocycles. The van der Waals surface area contributed by atoms with Crippen LogP contribution in [-0.4, -0.2) is 25.3 Å². The van der Waals surface area contributed by atoms with E-state index in [1.807, 2.05) is 32.9 Å². The van der Waals surface area contributed by atoms with Gasteiger partial charge in [0, 0.05) is 5.56 Å². The van der Waals surface area contributed by atoms with E-state index in [4.69, 9.17) is 9.47 Å². The summed E-state index contributed by atoms with van der Waals surface area (Å²) in [6.07, 6.45) is 0.459. The molecule has 0 spiro atoms. The number of hydrogen-bond acceptors (Lipinski definition) is 3. The minimum Gasteiger partial charge on any atom is -0.496 e. The predicted octanol–water partition coefficient (Wildman–Crippen LogP) is 2.91. The van der Waals surface area contributed by atoms with Gasteiger partial charge >= 0.3 is 5.97 Å². The highest BCUT2D eigenvalue weighted by Crippen LogP contribution is 2.33. The number of aliphatic carboxylic acids is 1. The summed E-state index contributed by atoms with van der Waals surface area (Å²) < 4.78 is 10.7. The summed E-state index contributed by atoms with van der Waals surface area (Å²) in [6.45, 7) is 5.75. The molecule has 0 saturated heterocycles. The van der Waals surface area contributed by atoms with Crippen LogP contribution in [0.15, 0.2) is 12.1 Å². The van der Waals surface area contributed by atoms with Gasteiger partial charge in [0.15, 0.2) is 0 Å². The topological polar surface area (TPSA) is 55.8 Å². The molecule has 19 heavy (non-hydrogen) atoms. The smallest absolute Gasteiger partial charge is 0.307 e. The highest BCUT2D eigenvalue weighted by molar-refractivity contribution is 5.71. The summed E-state index contributed by atoms with van der Waals surface area (Å²) in [5.74, 6) is 0.347. The van der Waals surface area contributed by atoms with Crippen LogP contribution in [0, 0.1) is 18.8 Å². The van der Waals surface area contributed by atoms with Gasteiger partial charge in [-0.25, -0.2) is 0 Å². The molecule has 1 unspecified atom stereocenters. The molecule has 1 aromatic carbocycles. The second-order valence-corrected chi connectivity index (χ2v) is 4.98. The van der Waals surface area contributed by atoms with E-state index in [1.54, 1.807) is 14.2 Å². The standard InChI is InChI=1S/C15H22O4/c1-9(2)12(15(16)17)8-11-6-7-13(18-4)10(3)14(11)19-5/h6-7,9,12H,8H2,1-5H3,(H,16,17). The minimum atomic E-state index is -0.773. The lowest BCUT2D eigenvalue weighted by Crippen LogP contribution is -2.22. The lowest BCUT2D eigenvalue weighted by atomic mass is 9.88. The van der Waals surface area contributed by atoms with E-state index in [2.05, 4.69) is 0 Å². The van der Waals surface area contributed by atoms with Crippen LogP contribution in [0.1, 0.15) is 25.0 Å². The van der Waals surface area contributed by atoms with Crippen LogP contribution in [0.2, 0.25) is 0 Å². The third kappa shape index (κ3) is 3.40. The van der Waals surface area contributed by atoms with Crippen molar-refractivity contribution < 1.29 is 19.4 Å². The summed E-state index contributed by atoms with van der Waals surface area (Å²) in [4.78, 5) is 11.3. The van der Waals surface area contributed by atoms with E-state index in [0.717, 1.165) is 16.9 Å². The molecule has 0 saturated carbocycles. The van der Waals surface area contributed by atoms with E-state index in [1.165, 1.54) is 0 Å². The molecule has 1 rings (SSSR count). The number of ether oxygens (including phenoxy) is 2. The number of carboxylic acid groups (broad SMARTS) is 1. The number of carboxylic acids is 1. The van der Waals surface area contributed by atoms with Crippen molar-refractivity contribution in [1.82, 2.24) is 0 Å². The molecule has 0 amide bonds. The zero-order valence-corrected chi connectivity index (χ0v) is 12.2. The average molecular weight is 266 g/mol. The van der Waals surface area contributed by atoms with Crippen molar-refractivity contribution in [3.05, 3.63) is 23.3 Å². The van der Waals surface area contributed by atoms with Gasteiger partial charge in [0.05, 0.1) is 20.1 Å². The zero-order chi connectivity index (χ0) is 14.6. The van der Waals surface area contributed by atoms with Gasteiger partial charge in [-0.15, -0.1) is 0 Å². The molecule has 0 aliphatic rings. The Bertz CT molecular complexity index is 452. The molecule has 0 bridgehead atoms. The van der Waals surface area contributed by atoms with Crippen molar-refractivity contribution >= 4 is 5.97 Å². The van der Waals surface area contributed by atoms with Gasteiger partial charge < -0.3 is 14.6 Å². The van der Waals surface area contributed by atoms with E-state index in [0.29, 0.717) is 12.2 Å². The Morgan fingerprint density at radius 3 is 2.32 bits per heavy atom. The zero-order valence-electron chi connectivity index (χ0n) is 12.2. The van der Waals surface area contributed by atoms with Crippen LogP contribution in [0.25, 0.3) is 0 Å². The lowest BCUT2D eigenvalue weighted by Gasteiger charge is -2.19. The first-order chi connectivity index (χ1) is 8.92. The molecule has 0 fully saturated rings. The molecule has 0 radical (unpaired) electrons. The normalized spacial score (nSPS) is 12.3. The molecule has 1 aromatic rings. The molecule has 4 nitrogen and oxygen atoms in total. The van der Waals surface area contributed by atoms with Gasteiger partial charge in [0.2, 0.25) is 0 Å². The van der Waals surface area contributed by atoms with E-state index in [-0.39, 0.29) is 5.92 Å². The average Bonchev–Trinajstić information content (AvgIpc) is 2.35. The third-order valence-corrected chi connectivity index (χ3v) is 3.42. The van der Waals surface area contributed by atoms with Crippen molar-refractivity contribution in [2.75, 3.05) is 14.2 Å². The Morgan fingerprint density at radius 2 is 1.89 bits per heavy atom. The van der Waals surface area contributed by atoms with E-state index in [9.17, 15) is 9.90 Å². The van der Waals surface area contributed by atoms with Crippen LogP contribution in [0.5, 0.6) is 11.5 Å². The second-order valence-electron chi connectivity index (χ2n) is 4.98. The van der Waals surface area contributed by atoms with E-state index >= 15 is 0 Å². The van der Waals surface area contributed by atoms with Crippen LogP contribution >= 0.6 is 0 Å². The maximum absolute atomic E-state index is 11.3. The fourth-order valence-electron chi connectivity index (χ4n) is 2.24. The highest BCUT2D eigenvalue weighted by atomic mass is 16.5.